The number of amides is 1. The summed E-state index contributed by atoms with van der Waals surface area (Å²) < 4.78 is 5.31. The van der Waals surface area contributed by atoms with Crippen molar-refractivity contribution in [3.05, 3.63) is 95.6 Å². The van der Waals surface area contributed by atoms with E-state index in [1.165, 1.54) is 0 Å². The molecule has 4 nitrogen and oxygen atoms in total. The van der Waals surface area contributed by atoms with E-state index in [-0.39, 0.29) is 11.9 Å². The first-order chi connectivity index (χ1) is 14.2. The Bertz CT molecular complexity index is 1030. The molecule has 2 aliphatic rings. The van der Waals surface area contributed by atoms with Crippen LogP contribution in [0.3, 0.4) is 0 Å². The molecule has 4 heteroatoms. The summed E-state index contributed by atoms with van der Waals surface area (Å²) in [6.07, 6.45) is 0.796. The van der Waals surface area contributed by atoms with Crippen LogP contribution in [-0.4, -0.2) is 19.6 Å². The summed E-state index contributed by atoms with van der Waals surface area (Å²) in [4.78, 5) is 15.9. The molecular formula is C25H24N2O2. The zero-order chi connectivity index (χ0) is 19.8. The Balaban J connectivity index is 1.59. The minimum atomic E-state index is -0.569. The molecule has 146 valence electrons. The number of carbonyl (C=O) groups is 1. The first-order valence-corrected chi connectivity index (χ1v) is 10.1. The van der Waals surface area contributed by atoms with Crippen LogP contribution in [0.15, 0.2) is 78.9 Å². The Morgan fingerprint density at radius 2 is 1.72 bits per heavy atom. The average molecular weight is 384 g/mol. The predicted molar refractivity (Wildman–Crippen MR) is 114 cm³/mol. The standard InChI is InChI=1S/C25H24N2O2/c1-29-20-13-11-19(12-14-20)23-25(15-16-26-23)21-9-5-6-10-22(21)27(24(25)28)17-18-7-3-2-4-8-18/h2-14,23,26H,15-17H2,1H3/t23-,25-/m1/s1. The number of methoxy groups -OCH3 is 1. The second-order valence-electron chi connectivity index (χ2n) is 7.78. The fourth-order valence-corrected chi connectivity index (χ4v) is 4.93. The molecule has 0 aliphatic carbocycles. The third-order valence-electron chi connectivity index (χ3n) is 6.30. The quantitative estimate of drug-likeness (QED) is 0.732. The average Bonchev–Trinajstić information content (AvgIpc) is 3.32. The molecule has 3 aromatic carbocycles. The second-order valence-corrected chi connectivity index (χ2v) is 7.78. The van der Waals surface area contributed by atoms with Crippen molar-refractivity contribution in [1.29, 1.82) is 0 Å². The fraction of sp³-hybridized carbons (Fsp3) is 0.240. The Hall–Kier alpha value is -3.11. The normalized spacial score (nSPS) is 22.9. The van der Waals surface area contributed by atoms with Crippen molar-refractivity contribution in [3.8, 4) is 5.75 Å². The summed E-state index contributed by atoms with van der Waals surface area (Å²) in [6, 6.07) is 26.5. The van der Waals surface area contributed by atoms with Gasteiger partial charge in [-0.05, 0) is 47.9 Å². The molecular weight excluding hydrogens is 360 g/mol. The molecule has 2 aliphatic heterocycles. The van der Waals surface area contributed by atoms with Gasteiger partial charge in [0.25, 0.3) is 0 Å². The first-order valence-electron chi connectivity index (χ1n) is 10.1. The molecule has 2 heterocycles. The number of hydrogen-bond acceptors (Lipinski definition) is 3. The lowest BCUT2D eigenvalue weighted by Crippen LogP contribution is -2.43. The summed E-state index contributed by atoms with van der Waals surface area (Å²) in [5.41, 5.74) is 3.85. The lowest BCUT2D eigenvalue weighted by Gasteiger charge is -2.31. The van der Waals surface area contributed by atoms with Crippen molar-refractivity contribution < 1.29 is 9.53 Å². The molecule has 5 rings (SSSR count). The molecule has 3 aromatic rings. The molecule has 2 atom stereocenters. The smallest absolute Gasteiger partial charge is 0.240 e. The molecule has 1 N–H and O–H groups in total. The Morgan fingerprint density at radius 3 is 2.48 bits per heavy atom. The van der Waals surface area contributed by atoms with Gasteiger partial charge in [0.05, 0.1) is 25.1 Å². The van der Waals surface area contributed by atoms with Crippen LogP contribution in [0.2, 0.25) is 0 Å². The maximum absolute atomic E-state index is 14.0. The van der Waals surface area contributed by atoms with Gasteiger partial charge < -0.3 is 15.0 Å². The minimum Gasteiger partial charge on any atom is -0.497 e. The van der Waals surface area contributed by atoms with Crippen molar-refractivity contribution in [1.82, 2.24) is 5.32 Å². The second kappa shape index (κ2) is 7.05. The van der Waals surface area contributed by atoms with Gasteiger partial charge in [0, 0.05) is 5.69 Å². The van der Waals surface area contributed by atoms with Gasteiger partial charge in [-0.25, -0.2) is 0 Å². The number of nitrogens with one attached hydrogen (secondary N) is 1. The van der Waals surface area contributed by atoms with Gasteiger partial charge in [-0.3, -0.25) is 4.79 Å². The van der Waals surface area contributed by atoms with Gasteiger partial charge in [0.1, 0.15) is 5.75 Å². The molecule has 29 heavy (non-hydrogen) atoms. The Morgan fingerprint density at radius 1 is 1.00 bits per heavy atom. The van der Waals surface area contributed by atoms with Gasteiger partial charge in [-0.1, -0.05) is 60.7 Å². The number of nitrogens with zero attached hydrogens (tertiary/aromatic N) is 1. The van der Waals surface area contributed by atoms with Crippen LogP contribution < -0.4 is 15.0 Å². The molecule has 0 radical (unpaired) electrons. The maximum Gasteiger partial charge on any atom is 0.240 e. The van der Waals surface area contributed by atoms with E-state index in [4.69, 9.17) is 4.74 Å². The number of rotatable bonds is 4. The van der Waals surface area contributed by atoms with Crippen molar-refractivity contribution in [2.24, 2.45) is 0 Å². The Kier molecular flexibility index (Phi) is 4.36. The molecule has 1 saturated heterocycles. The van der Waals surface area contributed by atoms with Crippen molar-refractivity contribution in [2.75, 3.05) is 18.6 Å². The summed E-state index contributed by atoms with van der Waals surface area (Å²) in [7, 11) is 1.67. The monoisotopic (exact) mass is 384 g/mol. The molecule has 0 bridgehead atoms. The summed E-state index contributed by atoms with van der Waals surface area (Å²) in [5.74, 6) is 1.01. The van der Waals surface area contributed by atoms with E-state index in [1.807, 2.05) is 47.4 Å². The zero-order valence-corrected chi connectivity index (χ0v) is 16.5. The number of para-hydroxylation sites is 1. The highest BCUT2D eigenvalue weighted by molar-refractivity contribution is 6.09. The Labute approximate surface area is 171 Å². The van der Waals surface area contributed by atoms with Crippen LogP contribution in [0.25, 0.3) is 0 Å². The van der Waals surface area contributed by atoms with Gasteiger partial charge in [0.2, 0.25) is 5.91 Å². The van der Waals surface area contributed by atoms with Crippen LogP contribution in [-0.2, 0) is 16.8 Å². The largest absolute Gasteiger partial charge is 0.497 e. The van der Waals surface area contributed by atoms with Gasteiger partial charge in [0.15, 0.2) is 0 Å². The van der Waals surface area contributed by atoms with E-state index < -0.39 is 5.41 Å². The SMILES string of the molecule is COc1ccc([C@H]2NCC[C@]23C(=O)N(Cc2ccccc2)c2ccccc23)cc1. The first kappa shape index (κ1) is 18.0. The van der Waals surface area contributed by atoms with Crippen LogP contribution in [0.1, 0.15) is 29.2 Å². The molecule has 1 spiro atoms. The number of ether oxygens (including phenoxy) is 1. The van der Waals surface area contributed by atoms with Gasteiger partial charge >= 0.3 is 0 Å². The van der Waals surface area contributed by atoms with Crippen molar-refractivity contribution >= 4 is 11.6 Å². The molecule has 0 saturated carbocycles. The summed E-state index contributed by atoms with van der Waals surface area (Å²) >= 11 is 0. The number of benzene rings is 3. The van der Waals surface area contributed by atoms with Gasteiger partial charge in [-0.15, -0.1) is 0 Å². The topological polar surface area (TPSA) is 41.6 Å². The maximum atomic E-state index is 14.0. The van der Waals surface area contributed by atoms with E-state index in [0.717, 1.165) is 41.1 Å². The van der Waals surface area contributed by atoms with E-state index in [2.05, 4.69) is 41.7 Å². The highest BCUT2D eigenvalue weighted by Crippen LogP contribution is 2.53. The number of hydrogen-bond donors (Lipinski definition) is 1. The van der Waals surface area contributed by atoms with E-state index in [1.54, 1.807) is 7.11 Å². The number of fused-ring (bicyclic) bond motifs is 2. The van der Waals surface area contributed by atoms with Gasteiger partial charge in [-0.2, -0.15) is 0 Å². The predicted octanol–water partition coefficient (Wildman–Crippen LogP) is 4.21. The minimum absolute atomic E-state index is 0.0529. The number of anilines is 1. The molecule has 0 unspecified atom stereocenters. The third-order valence-corrected chi connectivity index (χ3v) is 6.30. The summed E-state index contributed by atoms with van der Waals surface area (Å²) in [5, 5.41) is 3.61. The van der Waals surface area contributed by atoms with Crippen molar-refractivity contribution in [2.45, 2.75) is 24.4 Å². The van der Waals surface area contributed by atoms with E-state index >= 15 is 0 Å². The van der Waals surface area contributed by atoms with Crippen LogP contribution in [0.5, 0.6) is 5.75 Å². The highest BCUT2D eigenvalue weighted by atomic mass is 16.5. The third kappa shape index (κ3) is 2.75. The van der Waals surface area contributed by atoms with Crippen LogP contribution in [0.4, 0.5) is 5.69 Å². The van der Waals surface area contributed by atoms with E-state index in [0.29, 0.717) is 6.54 Å². The summed E-state index contributed by atoms with van der Waals surface area (Å²) in [6.45, 7) is 1.41. The van der Waals surface area contributed by atoms with Crippen molar-refractivity contribution in [3.63, 3.8) is 0 Å². The molecule has 1 amide bonds. The fourth-order valence-electron chi connectivity index (χ4n) is 4.93. The van der Waals surface area contributed by atoms with Crippen LogP contribution >= 0.6 is 0 Å². The molecule has 0 aromatic heterocycles. The lowest BCUT2D eigenvalue weighted by atomic mass is 9.73. The zero-order valence-electron chi connectivity index (χ0n) is 16.5. The van der Waals surface area contributed by atoms with Crippen LogP contribution in [0, 0.1) is 0 Å². The molecule has 1 fully saturated rings. The lowest BCUT2D eigenvalue weighted by molar-refractivity contribution is -0.123. The number of carbonyl (C=O) groups excluding carboxylic acids is 1. The van der Waals surface area contributed by atoms with E-state index in [9.17, 15) is 4.79 Å². The highest BCUT2D eigenvalue weighted by Gasteiger charge is 2.57.